The van der Waals surface area contributed by atoms with Crippen LogP contribution in [0, 0.1) is 20.8 Å². The molecule has 0 saturated heterocycles. The van der Waals surface area contributed by atoms with Crippen molar-refractivity contribution in [1.82, 2.24) is 15.5 Å². The maximum atomic E-state index is 12.5. The summed E-state index contributed by atoms with van der Waals surface area (Å²) in [5.74, 6) is 0. The molecule has 0 aliphatic carbocycles. The van der Waals surface area contributed by atoms with Crippen molar-refractivity contribution in [2.45, 2.75) is 32.2 Å². The van der Waals surface area contributed by atoms with Crippen LogP contribution in [-0.2, 0) is 16.6 Å². The molecule has 2 aromatic rings. The Labute approximate surface area is 128 Å². The molecule has 114 valence electrons. The monoisotopic (exact) mass is 326 g/mol. The third-order valence-corrected chi connectivity index (χ3v) is 5.40. The Morgan fingerprint density at radius 3 is 2.43 bits per heavy atom. The van der Waals surface area contributed by atoms with Crippen molar-refractivity contribution in [3.63, 3.8) is 0 Å². The zero-order valence-electron chi connectivity index (χ0n) is 12.4. The number of anilines is 1. The van der Waals surface area contributed by atoms with E-state index in [0.717, 1.165) is 11.1 Å². The molecule has 0 spiro atoms. The largest absolute Gasteiger partial charge is 0.316 e. The van der Waals surface area contributed by atoms with E-state index in [1.807, 2.05) is 20.0 Å². The number of nitrogens with zero attached hydrogens (tertiary/aromatic N) is 2. The number of sulfonamides is 1. The lowest BCUT2D eigenvalue weighted by atomic mass is 10.1. The lowest BCUT2D eigenvalue weighted by Gasteiger charge is -2.12. The van der Waals surface area contributed by atoms with Crippen molar-refractivity contribution >= 4 is 26.5 Å². The van der Waals surface area contributed by atoms with Crippen molar-refractivity contribution < 1.29 is 8.42 Å². The van der Waals surface area contributed by atoms with Gasteiger partial charge in [0.05, 0.1) is 4.90 Å². The summed E-state index contributed by atoms with van der Waals surface area (Å²) in [6, 6.07) is 3.59. The van der Waals surface area contributed by atoms with E-state index < -0.39 is 10.0 Å². The third-order valence-electron chi connectivity index (χ3n) is 3.04. The number of nitrogens with one attached hydrogen (secondary N) is 2. The van der Waals surface area contributed by atoms with Crippen molar-refractivity contribution in [2.75, 3.05) is 11.8 Å². The minimum Gasteiger partial charge on any atom is -0.316 e. The lowest BCUT2D eigenvalue weighted by molar-refractivity contribution is 0.600. The van der Waals surface area contributed by atoms with Gasteiger partial charge in [-0.2, -0.15) is 0 Å². The van der Waals surface area contributed by atoms with E-state index in [1.165, 1.54) is 11.3 Å². The van der Waals surface area contributed by atoms with Gasteiger partial charge in [-0.3, -0.25) is 4.72 Å². The molecular formula is C13H18N4O2S2. The minimum atomic E-state index is -3.66. The minimum absolute atomic E-state index is 0.270. The quantitative estimate of drug-likeness (QED) is 0.878. The van der Waals surface area contributed by atoms with Crippen LogP contribution < -0.4 is 10.0 Å². The number of hydrogen-bond acceptors (Lipinski definition) is 6. The molecule has 1 heterocycles. The molecule has 0 fully saturated rings. The van der Waals surface area contributed by atoms with E-state index >= 15 is 0 Å². The van der Waals surface area contributed by atoms with Crippen molar-refractivity contribution in [3.8, 4) is 0 Å². The predicted octanol–water partition coefficient (Wildman–Crippen LogP) is 1.98. The van der Waals surface area contributed by atoms with Crippen LogP contribution in [0.4, 0.5) is 5.13 Å². The highest BCUT2D eigenvalue weighted by Crippen LogP contribution is 2.24. The number of benzene rings is 1. The summed E-state index contributed by atoms with van der Waals surface area (Å²) in [4.78, 5) is 0.270. The lowest BCUT2D eigenvalue weighted by Crippen LogP contribution is -2.16. The van der Waals surface area contributed by atoms with Gasteiger partial charge in [-0.05, 0) is 50.6 Å². The summed E-state index contributed by atoms with van der Waals surface area (Å²) in [5, 5.41) is 11.6. The SMILES string of the molecule is CNCc1cc(S(=O)(=O)Nc2nnc(C)s2)c(C)cc1C. The summed E-state index contributed by atoms with van der Waals surface area (Å²) < 4.78 is 27.5. The Bertz CT molecular complexity index is 754. The van der Waals surface area contributed by atoms with Gasteiger partial charge in [-0.15, -0.1) is 10.2 Å². The van der Waals surface area contributed by atoms with Crippen LogP contribution >= 0.6 is 11.3 Å². The van der Waals surface area contributed by atoms with Crippen molar-refractivity contribution in [1.29, 1.82) is 0 Å². The maximum absolute atomic E-state index is 12.5. The summed E-state index contributed by atoms with van der Waals surface area (Å²) in [6.07, 6.45) is 0. The highest BCUT2D eigenvalue weighted by atomic mass is 32.2. The molecule has 1 aromatic heterocycles. The summed E-state index contributed by atoms with van der Waals surface area (Å²) in [6.45, 7) is 6.15. The number of aryl methyl sites for hydroxylation is 3. The first-order chi connectivity index (χ1) is 9.83. The molecule has 0 unspecified atom stereocenters. The fourth-order valence-corrected chi connectivity index (χ4v) is 4.15. The average molecular weight is 326 g/mol. The Balaban J connectivity index is 2.41. The average Bonchev–Trinajstić information content (AvgIpc) is 2.77. The molecular weight excluding hydrogens is 308 g/mol. The van der Waals surface area contributed by atoms with Crippen LogP contribution in [0.3, 0.4) is 0 Å². The second-order valence-corrected chi connectivity index (χ2v) is 7.64. The van der Waals surface area contributed by atoms with E-state index in [1.54, 1.807) is 19.9 Å². The highest BCUT2D eigenvalue weighted by molar-refractivity contribution is 7.93. The summed E-state index contributed by atoms with van der Waals surface area (Å²) >= 11 is 1.21. The standard InChI is InChI=1S/C13H18N4O2S2/c1-8-5-9(2)12(6-11(8)7-14-4)21(18,19)17-13-16-15-10(3)20-13/h5-6,14H,7H2,1-4H3,(H,16,17). The molecule has 0 saturated carbocycles. The zero-order valence-corrected chi connectivity index (χ0v) is 14.0. The Kier molecular flexibility index (Phi) is 4.60. The first-order valence-corrected chi connectivity index (χ1v) is 8.71. The molecule has 0 aliphatic heterocycles. The van der Waals surface area contributed by atoms with Crippen molar-refractivity contribution in [3.05, 3.63) is 33.8 Å². The number of hydrogen-bond donors (Lipinski definition) is 2. The molecule has 0 bridgehead atoms. The number of rotatable bonds is 5. The Hall–Kier alpha value is -1.51. The zero-order chi connectivity index (χ0) is 15.6. The van der Waals surface area contributed by atoms with E-state index in [0.29, 0.717) is 17.1 Å². The van der Waals surface area contributed by atoms with Gasteiger partial charge < -0.3 is 5.32 Å². The van der Waals surface area contributed by atoms with Crippen LogP contribution in [0.5, 0.6) is 0 Å². The molecule has 6 nitrogen and oxygen atoms in total. The van der Waals surface area contributed by atoms with Gasteiger partial charge in [-0.25, -0.2) is 8.42 Å². The predicted molar refractivity (Wildman–Crippen MR) is 84.1 cm³/mol. The molecule has 0 aliphatic rings. The van der Waals surface area contributed by atoms with Crippen LogP contribution in [-0.4, -0.2) is 25.7 Å². The Morgan fingerprint density at radius 2 is 1.86 bits per heavy atom. The molecule has 1 aromatic carbocycles. The van der Waals surface area contributed by atoms with E-state index in [2.05, 4.69) is 20.2 Å². The first kappa shape index (κ1) is 15.9. The molecule has 8 heteroatoms. The normalized spacial score (nSPS) is 11.6. The fourth-order valence-electron chi connectivity index (χ4n) is 2.05. The van der Waals surface area contributed by atoms with Gasteiger partial charge in [-0.1, -0.05) is 17.4 Å². The molecule has 0 atom stereocenters. The van der Waals surface area contributed by atoms with Crippen LogP contribution in [0.25, 0.3) is 0 Å². The second kappa shape index (κ2) is 6.08. The molecule has 0 amide bonds. The van der Waals surface area contributed by atoms with Gasteiger partial charge >= 0.3 is 0 Å². The summed E-state index contributed by atoms with van der Waals surface area (Å²) in [7, 11) is -1.83. The van der Waals surface area contributed by atoms with Crippen LogP contribution in [0.1, 0.15) is 21.7 Å². The smallest absolute Gasteiger partial charge is 0.263 e. The van der Waals surface area contributed by atoms with Crippen LogP contribution in [0.15, 0.2) is 17.0 Å². The summed E-state index contributed by atoms with van der Waals surface area (Å²) in [5.41, 5.74) is 2.73. The maximum Gasteiger partial charge on any atom is 0.263 e. The van der Waals surface area contributed by atoms with Gasteiger partial charge in [0.1, 0.15) is 5.01 Å². The van der Waals surface area contributed by atoms with E-state index in [-0.39, 0.29) is 10.0 Å². The fraction of sp³-hybridized carbons (Fsp3) is 0.385. The van der Waals surface area contributed by atoms with E-state index in [4.69, 9.17) is 0 Å². The third kappa shape index (κ3) is 3.58. The van der Waals surface area contributed by atoms with Crippen LogP contribution in [0.2, 0.25) is 0 Å². The highest BCUT2D eigenvalue weighted by Gasteiger charge is 2.20. The number of aromatic nitrogens is 2. The van der Waals surface area contributed by atoms with Gasteiger partial charge in [0.25, 0.3) is 10.0 Å². The van der Waals surface area contributed by atoms with Gasteiger partial charge in [0.15, 0.2) is 0 Å². The van der Waals surface area contributed by atoms with E-state index in [9.17, 15) is 8.42 Å². The van der Waals surface area contributed by atoms with Crippen molar-refractivity contribution in [2.24, 2.45) is 0 Å². The van der Waals surface area contributed by atoms with Gasteiger partial charge in [0, 0.05) is 6.54 Å². The molecule has 21 heavy (non-hydrogen) atoms. The van der Waals surface area contributed by atoms with Gasteiger partial charge in [0.2, 0.25) is 5.13 Å². The molecule has 2 N–H and O–H groups in total. The second-order valence-electron chi connectivity index (χ2n) is 4.81. The topological polar surface area (TPSA) is 84.0 Å². The first-order valence-electron chi connectivity index (χ1n) is 6.41. The molecule has 2 rings (SSSR count). The Morgan fingerprint density at radius 1 is 1.14 bits per heavy atom. The molecule has 0 radical (unpaired) electrons.